The molecule has 148 valence electrons. The number of sulfonamides is 1. The largest absolute Gasteiger partial charge is 0.454 e. The van der Waals surface area contributed by atoms with Crippen molar-refractivity contribution in [3.63, 3.8) is 0 Å². The number of anilines is 2. The van der Waals surface area contributed by atoms with Crippen molar-refractivity contribution in [2.24, 2.45) is 0 Å². The maximum Gasteiger partial charge on any atom is 0.270 e. The first-order valence-electron chi connectivity index (χ1n) is 8.48. The molecule has 0 unspecified atom stereocenters. The number of ether oxygens (including phenoxy) is 3. The Kier molecular flexibility index (Phi) is 4.79. The van der Waals surface area contributed by atoms with Crippen LogP contribution >= 0.6 is 0 Å². The zero-order chi connectivity index (χ0) is 19.7. The molecule has 1 N–H and O–H groups in total. The lowest BCUT2D eigenvalue weighted by molar-refractivity contribution is -0.385. The Labute approximate surface area is 160 Å². The SMILES string of the molecule is O=[N+]([O-])c1ccc(Nc2ccc3c(c2)OCO3)c(S(=O)(=O)N2CCOCC2)c1. The number of non-ortho nitro benzene ring substituents is 1. The summed E-state index contributed by atoms with van der Waals surface area (Å²) in [5.41, 5.74) is 0.496. The third-order valence-electron chi connectivity index (χ3n) is 4.42. The molecule has 0 saturated carbocycles. The lowest BCUT2D eigenvalue weighted by Gasteiger charge is -2.27. The van der Waals surface area contributed by atoms with Crippen molar-refractivity contribution >= 4 is 27.1 Å². The summed E-state index contributed by atoms with van der Waals surface area (Å²) in [6, 6.07) is 8.80. The molecule has 0 radical (unpaired) electrons. The fourth-order valence-electron chi connectivity index (χ4n) is 3.00. The second-order valence-electron chi connectivity index (χ2n) is 6.15. The number of nitrogens with zero attached hydrogens (tertiary/aromatic N) is 2. The van der Waals surface area contributed by atoms with E-state index in [0.717, 1.165) is 6.07 Å². The van der Waals surface area contributed by atoms with Gasteiger partial charge in [0.25, 0.3) is 5.69 Å². The zero-order valence-corrected chi connectivity index (χ0v) is 15.5. The highest BCUT2D eigenvalue weighted by Crippen LogP contribution is 2.37. The maximum absolute atomic E-state index is 13.1. The van der Waals surface area contributed by atoms with Crippen LogP contribution in [0.15, 0.2) is 41.3 Å². The van der Waals surface area contributed by atoms with Gasteiger partial charge in [0.1, 0.15) is 4.90 Å². The molecule has 11 heteroatoms. The summed E-state index contributed by atoms with van der Waals surface area (Å²) in [5.74, 6) is 1.12. The second-order valence-corrected chi connectivity index (χ2v) is 8.05. The molecule has 1 fully saturated rings. The van der Waals surface area contributed by atoms with Crippen molar-refractivity contribution in [3.05, 3.63) is 46.5 Å². The molecule has 0 aromatic heterocycles. The van der Waals surface area contributed by atoms with Crippen LogP contribution in [0.25, 0.3) is 0 Å². The van der Waals surface area contributed by atoms with Crippen LogP contribution in [0.3, 0.4) is 0 Å². The fourth-order valence-corrected chi connectivity index (χ4v) is 4.57. The van der Waals surface area contributed by atoms with Crippen LogP contribution in [-0.4, -0.2) is 50.7 Å². The van der Waals surface area contributed by atoms with Crippen molar-refractivity contribution in [3.8, 4) is 11.5 Å². The lowest BCUT2D eigenvalue weighted by Crippen LogP contribution is -2.40. The Hall–Kier alpha value is -2.89. The highest BCUT2D eigenvalue weighted by Gasteiger charge is 2.30. The van der Waals surface area contributed by atoms with Crippen LogP contribution in [-0.2, 0) is 14.8 Å². The zero-order valence-electron chi connectivity index (χ0n) is 14.7. The third-order valence-corrected chi connectivity index (χ3v) is 6.35. The van der Waals surface area contributed by atoms with Crippen LogP contribution in [0.4, 0.5) is 17.1 Å². The molecule has 2 aliphatic heterocycles. The van der Waals surface area contributed by atoms with Crippen LogP contribution in [0.1, 0.15) is 0 Å². The minimum atomic E-state index is -3.95. The Morgan fingerprint density at radius 3 is 2.54 bits per heavy atom. The molecule has 0 amide bonds. The summed E-state index contributed by atoms with van der Waals surface area (Å²) < 4.78 is 43.3. The summed E-state index contributed by atoms with van der Waals surface area (Å²) in [6.45, 7) is 1.05. The monoisotopic (exact) mass is 407 g/mol. The molecule has 28 heavy (non-hydrogen) atoms. The smallest absolute Gasteiger partial charge is 0.270 e. The molecule has 0 bridgehead atoms. The van der Waals surface area contributed by atoms with Crippen molar-refractivity contribution in [1.82, 2.24) is 4.31 Å². The highest BCUT2D eigenvalue weighted by atomic mass is 32.2. The average molecular weight is 407 g/mol. The molecule has 2 aromatic rings. The molecule has 2 aromatic carbocycles. The van der Waals surface area contributed by atoms with Gasteiger partial charge in [-0.3, -0.25) is 10.1 Å². The van der Waals surface area contributed by atoms with E-state index in [4.69, 9.17) is 14.2 Å². The predicted molar refractivity (Wildman–Crippen MR) is 98.5 cm³/mol. The Morgan fingerprint density at radius 2 is 1.79 bits per heavy atom. The summed E-state index contributed by atoms with van der Waals surface area (Å²) in [7, 11) is -3.95. The number of morpholine rings is 1. The lowest BCUT2D eigenvalue weighted by atomic mass is 10.2. The number of nitro groups is 1. The molecular formula is C17H17N3O7S. The number of hydrogen-bond donors (Lipinski definition) is 1. The predicted octanol–water partition coefficient (Wildman–Crippen LogP) is 2.09. The van der Waals surface area contributed by atoms with E-state index in [2.05, 4.69) is 5.32 Å². The quantitative estimate of drug-likeness (QED) is 0.591. The average Bonchev–Trinajstić information content (AvgIpc) is 3.16. The Balaban J connectivity index is 1.73. The first-order chi connectivity index (χ1) is 13.4. The van der Waals surface area contributed by atoms with Crippen molar-refractivity contribution in [1.29, 1.82) is 0 Å². The number of hydrogen-bond acceptors (Lipinski definition) is 8. The van der Waals surface area contributed by atoms with E-state index in [1.165, 1.54) is 16.4 Å². The maximum atomic E-state index is 13.1. The Morgan fingerprint density at radius 1 is 1.04 bits per heavy atom. The second kappa shape index (κ2) is 7.26. The fraction of sp³-hybridized carbons (Fsp3) is 0.294. The van der Waals surface area contributed by atoms with Gasteiger partial charge in [-0.05, 0) is 18.2 Å². The first kappa shape index (κ1) is 18.5. The molecular weight excluding hydrogens is 390 g/mol. The molecule has 10 nitrogen and oxygen atoms in total. The summed E-state index contributed by atoms with van der Waals surface area (Å²) in [5, 5.41) is 14.2. The van der Waals surface area contributed by atoms with Crippen molar-refractivity contribution in [2.75, 3.05) is 38.4 Å². The van der Waals surface area contributed by atoms with E-state index < -0.39 is 14.9 Å². The van der Waals surface area contributed by atoms with E-state index in [0.29, 0.717) is 17.2 Å². The van der Waals surface area contributed by atoms with Gasteiger partial charge >= 0.3 is 0 Å². The number of fused-ring (bicyclic) bond motifs is 1. The van der Waals surface area contributed by atoms with Gasteiger partial charge in [0.05, 0.1) is 23.8 Å². The molecule has 0 atom stereocenters. The molecule has 0 spiro atoms. The number of nitrogens with one attached hydrogen (secondary N) is 1. The standard InChI is InChI=1S/C17H17N3O7S/c21-20(22)13-2-3-14(18-12-1-4-15-16(9-12)27-11-26-15)17(10-13)28(23,24)19-5-7-25-8-6-19/h1-4,9-10,18H,5-8,11H2. The van der Waals surface area contributed by atoms with Gasteiger partial charge in [0.15, 0.2) is 11.5 Å². The van der Waals surface area contributed by atoms with Gasteiger partial charge in [0, 0.05) is 37.0 Å². The number of nitro benzene ring substituents is 1. The third kappa shape index (κ3) is 3.46. The molecule has 0 aliphatic carbocycles. The van der Waals surface area contributed by atoms with Gasteiger partial charge in [0.2, 0.25) is 16.8 Å². The topological polar surface area (TPSA) is 120 Å². The van der Waals surface area contributed by atoms with Gasteiger partial charge < -0.3 is 19.5 Å². The molecule has 2 heterocycles. The number of benzene rings is 2. The van der Waals surface area contributed by atoms with E-state index in [-0.39, 0.29) is 49.4 Å². The summed E-state index contributed by atoms with van der Waals surface area (Å²) in [6.07, 6.45) is 0. The normalized spacial score (nSPS) is 16.7. The molecule has 4 rings (SSSR count). The van der Waals surface area contributed by atoms with Gasteiger partial charge in [-0.25, -0.2) is 8.42 Å². The first-order valence-corrected chi connectivity index (χ1v) is 9.92. The van der Waals surface area contributed by atoms with Gasteiger partial charge in [-0.2, -0.15) is 4.31 Å². The van der Waals surface area contributed by atoms with Gasteiger partial charge in [-0.1, -0.05) is 0 Å². The van der Waals surface area contributed by atoms with Crippen molar-refractivity contribution in [2.45, 2.75) is 4.90 Å². The molecule has 1 saturated heterocycles. The highest BCUT2D eigenvalue weighted by molar-refractivity contribution is 7.89. The van der Waals surface area contributed by atoms with Crippen molar-refractivity contribution < 1.29 is 27.6 Å². The van der Waals surface area contributed by atoms with E-state index in [1.807, 2.05) is 0 Å². The summed E-state index contributed by atoms with van der Waals surface area (Å²) in [4.78, 5) is 10.4. The Bertz CT molecular complexity index is 1020. The minimum absolute atomic E-state index is 0.118. The van der Waals surface area contributed by atoms with Crippen LogP contribution < -0.4 is 14.8 Å². The van der Waals surface area contributed by atoms with Gasteiger partial charge in [-0.15, -0.1) is 0 Å². The molecule has 2 aliphatic rings. The van der Waals surface area contributed by atoms with E-state index in [9.17, 15) is 18.5 Å². The van der Waals surface area contributed by atoms with E-state index >= 15 is 0 Å². The van der Waals surface area contributed by atoms with Crippen LogP contribution in [0, 0.1) is 10.1 Å². The van der Waals surface area contributed by atoms with Crippen LogP contribution in [0.2, 0.25) is 0 Å². The summed E-state index contributed by atoms with van der Waals surface area (Å²) >= 11 is 0. The van der Waals surface area contributed by atoms with E-state index in [1.54, 1.807) is 18.2 Å². The van der Waals surface area contributed by atoms with Crippen LogP contribution in [0.5, 0.6) is 11.5 Å². The minimum Gasteiger partial charge on any atom is -0.454 e. The number of rotatable bonds is 5.